The Morgan fingerprint density at radius 2 is 1.91 bits per heavy atom. The van der Waals surface area contributed by atoms with Gasteiger partial charge in [0.15, 0.2) is 0 Å². The van der Waals surface area contributed by atoms with Crippen LogP contribution in [0.3, 0.4) is 0 Å². The van der Waals surface area contributed by atoms with Crippen LogP contribution in [-0.2, 0) is 11.3 Å². The van der Waals surface area contributed by atoms with Crippen LogP contribution >= 0.6 is 11.6 Å². The van der Waals surface area contributed by atoms with Crippen molar-refractivity contribution < 1.29 is 14.3 Å². The summed E-state index contributed by atoms with van der Waals surface area (Å²) in [6, 6.07) is 10.5. The van der Waals surface area contributed by atoms with Crippen LogP contribution in [0.2, 0.25) is 5.02 Å². The van der Waals surface area contributed by atoms with Crippen LogP contribution in [0, 0.1) is 5.92 Å². The number of hydrogen-bond acceptors (Lipinski definition) is 3. The first kappa shape index (κ1) is 16.6. The third-order valence-corrected chi connectivity index (χ3v) is 3.57. The molecule has 1 aromatic carbocycles. The molecule has 2 rings (SSSR count). The topological polar surface area (TPSA) is 62.5 Å². The lowest BCUT2D eigenvalue weighted by molar-refractivity contribution is -0.140. The zero-order valence-electron chi connectivity index (χ0n) is 12.7. The van der Waals surface area contributed by atoms with Crippen LogP contribution in [-0.4, -0.2) is 17.1 Å². The molecular weight excluding hydrogens is 302 g/mol. The van der Waals surface area contributed by atoms with Crippen molar-refractivity contribution in [2.75, 3.05) is 0 Å². The van der Waals surface area contributed by atoms with Gasteiger partial charge in [0.2, 0.25) is 0 Å². The van der Waals surface area contributed by atoms with E-state index < -0.39 is 12.0 Å². The van der Waals surface area contributed by atoms with E-state index >= 15 is 0 Å². The zero-order valence-corrected chi connectivity index (χ0v) is 13.4. The highest BCUT2D eigenvalue weighted by atomic mass is 35.5. The molecule has 0 saturated carbocycles. The molecule has 0 bridgehead atoms. The Balaban J connectivity index is 1.99. The van der Waals surface area contributed by atoms with Crippen molar-refractivity contribution in [3.63, 3.8) is 0 Å². The molecule has 5 heteroatoms. The molecule has 0 aliphatic heterocycles. The maximum absolute atomic E-state index is 11.2. The third kappa shape index (κ3) is 4.61. The Bertz CT molecular complexity index is 619. The van der Waals surface area contributed by atoms with Gasteiger partial charge in [-0.25, -0.2) is 0 Å². The van der Waals surface area contributed by atoms with Crippen molar-refractivity contribution >= 4 is 17.6 Å². The molecule has 0 aliphatic carbocycles. The molecule has 0 aliphatic rings. The summed E-state index contributed by atoms with van der Waals surface area (Å²) in [6.45, 7) is 4.39. The summed E-state index contributed by atoms with van der Waals surface area (Å²) in [5, 5.41) is 12.9. The highest BCUT2D eigenvalue weighted by Crippen LogP contribution is 2.23. The van der Waals surface area contributed by atoms with Crippen molar-refractivity contribution in [2.24, 2.45) is 5.92 Å². The number of furan rings is 1. The van der Waals surface area contributed by atoms with Gasteiger partial charge in [0, 0.05) is 10.6 Å². The number of nitrogens with one attached hydrogen (secondary N) is 1. The molecule has 0 fully saturated rings. The van der Waals surface area contributed by atoms with Gasteiger partial charge in [-0.15, -0.1) is 0 Å². The van der Waals surface area contributed by atoms with Crippen LogP contribution in [0.4, 0.5) is 0 Å². The van der Waals surface area contributed by atoms with Gasteiger partial charge in [0.05, 0.1) is 6.54 Å². The van der Waals surface area contributed by atoms with E-state index in [1.165, 1.54) is 0 Å². The van der Waals surface area contributed by atoms with Gasteiger partial charge in [-0.1, -0.05) is 25.4 Å². The van der Waals surface area contributed by atoms with E-state index in [1.54, 1.807) is 12.1 Å². The summed E-state index contributed by atoms with van der Waals surface area (Å²) in [6.07, 6.45) is 0.583. The van der Waals surface area contributed by atoms with E-state index in [4.69, 9.17) is 16.0 Å². The van der Waals surface area contributed by atoms with E-state index in [0.717, 1.165) is 11.3 Å². The van der Waals surface area contributed by atoms with Gasteiger partial charge >= 0.3 is 5.97 Å². The number of rotatable bonds is 7. The SMILES string of the molecule is CC(C)CC(NCc1ccc(-c2ccc(Cl)cc2)o1)C(=O)O. The van der Waals surface area contributed by atoms with Crippen molar-refractivity contribution in [3.8, 4) is 11.3 Å². The van der Waals surface area contributed by atoms with Crippen molar-refractivity contribution in [1.29, 1.82) is 0 Å². The fourth-order valence-electron chi connectivity index (χ4n) is 2.21. The highest BCUT2D eigenvalue weighted by molar-refractivity contribution is 6.30. The largest absolute Gasteiger partial charge is 0.480 e. The van der Waals surface area contributed by atoms with Crippen LogP contribution < -0.4 is 5.32 Å². The van der Waals surface area contributed by atoms with Gasteiger partial charge in [-0.3, -0.25) is 10.1 Å². The van der Waals surface area contributed by atoms with E-state index in [2.05, 4.69) is 5.32 Å². The summed E-state index contributed by atoms with van der Waals surface area (Å²) in [4.78, 5) is 11.2. The van der Waals surface area contributed by atoms with E-state index in [-0.39, 0.29) is 0 Å². The number of carboxylic acid groups (broad SMARTS) is 1. The first-order valence-electron chi connectivity index (χ1n) is 7.26. The molecule has 22 heavy (non-hydrogen) atoms. The fraction of sp³-hybridized carbons (Fsp3) is 0.353. The number of carbonyl (C=O) groups is 1. The molecule has 0 spiro atoms. The standard InChI is InChI=1S/C17H20ClNO3/c1-11(2)9-15(17(20)21)19-10-14-7-8-16(22-14)12-3-5-13(18)6-4-12/h3-8,11,15,19H,9-10H2,1-2H3,(H,20,21). The summed E-state index contributed by atoms with van der Waals surface area (Å²) in [7, 11) is 0. The maximum atomic E-state index is 11.2. The molecule has 2 N–H and O–H groups in total. The molecule has 0 radical (unpaired) electrons. The van der Waals surface area contributed by atoms with Gasteiger partial charge < -0.3 is 9.52 Å². The minimum atomic E-state index is -0.835. The number of carboxylic acids is 1. The highest BCUT2D eigenvalue weighted by Gasteiger charge is 2.18. The molecule has 4 nitrogen and oxygen atoms in total. The lowest BCUT2D eigenvalue weighted by atomic mass is 10.0. The van der Waals surface area contributed by atoms with E-state index in [1.807, 2.05) is 38.1 Å². The minimum Gasteiger partial charge on any atom is -0.480 e. The summed E-state index contributed by atoms with van der Waals surface area (Å²) in [5.74, 6) is 0.928. The first-order chi connectivity index (χ1) is 10.5. The fourth-order valence-corrected chi connectivity index (χ4v) is 2.33. The van der Waals surface area contributed by atoms with Crippen molar-refractivity contribution in [2.45, 2.75) is 32.9 Å². The average Bonchev–Trinajstić information content (AvgIpc) is 2.92. The lowest BCUT2D eigenvalue weighted by Crippen LogP contribution is -2.37. The molecule has 2 aromatic rings. The van der Waals surface area contributed by atoms with Crippen molar-refractivity contribution in [3.05, 3.63) is 47.2 Å². The molecule has 1 atom stereocenters. The normalized spacial score (nSPS) is 12.5. The first-order valence-corrected chi connectivity index (χ1v) is 7.64. The molecular formula is C17H20ClNO3. The maximum Gasteiger partial charge on any atom is 0.320 e. The van der Waals surface area contributed by atoms with Gasteiger partial charge in [-0.2, -0.15) is 0 Å². The van der Waals surface area contributed by atoms with Crippen molar-refractivity contribution in [1.82, 2.24) is 5.32 Å². The minimum absolute atomic E-state index is 0.315. The quantitative estimate of drug-likeness (QED) is 0.802. The Kier molecular flexibility index (Phi) is 5.63. The predicted molar refractivity (Wildman–Crippen MR) is 86.9 cm³/mol. The average molecular weight is 322 g/mol. The smallest absolute Gasteiger partial charge is 0.320 e. The summed E-state index contributed by atoms with van der Waals surface area (Å²) < 4.78 is 5.75. The molecule has 0 saturated heterocycles. The molecule has 1 heterocycles. The number of aliphatic carboxylic acids is 1. The second-order valence-corrected chi connectivity index (χ2v) is 6.11. The molecule has 0 amide bonds. The van der Waals surface area contributed by atoms with Gasteiger partial charge in [0.1, 0.15) is 17.6 Å². The Labute approximate surface area is 135 Å². The third-order valence-electron chi connectivity index (χ3n) is 3.32. The molecule has 1 unspecified atom stereocenters. The second kappa shape index (κ2) is 7.47. The Morgan fingerprint density at radius 1 is 1.23 bits per heavy atom. The monoisotopic (exact) mass is 321 g/mol. The number of halogens is 1. The number of benzene rings is 1. The summed E-state index contributed by atoms with van der Waals surface area (Å²) >= 11 is 5.86. The van der Waals surface area contributed by atoms with E-state index in [0.29, 0.717) is 29.7 Å². The Hall–Kier alpha value is -1.78. The second-order valence-electron chi connectivity index (χ2n) is 5.67. The predicted octanol–water partition coefficient (Wildman–Crippen LogP) is 4.19. The van der Waals surface area contributed by atoms with Gasteiger partial charge in [0.25, 0.3) is 0 Å². The Morgan fingerprint density at radius 3 is 2.50 bits per heavy atom. The van der Waals surface area contributed by atoms with E-state index in [9.17, 15) is 9.90 Å². The molecule has 1 aromatic heterocycles. The van der Waals surface area contributed by atoms with Crippen LogP contribution in [0.1, 0.15) is 26.0 Å². The zero-order chi connectivity index (χ0) is 16.1. The van der Waals surface area contributed by atoms with Gasteiger partial charge in [-0.05, 0) is 48.7 Å². The van der Waals surface area contributed by atoms with Crippen LogP contribution in [0.25, 0.3) is 11.3 Å². The lowest BCUT2D eigenvalue weighted by Gasteiger charge is -2.15. The summed E-state index contributed by atoms with van der Waals surface area (Å²) in [5.41, 5.74) is 0.938. The number of hydrogen-bond donors (Lipinski definition) is 2. The van der Waals surface area contributed by atoms with Crippen LogP contribution in [0.15, 0.2) is 40.8 Å². The van der Waals surface area contributed by atoms with Crippen LogP contribution in [0.5, 0.6) is 0 Å². The molecule has 118 valence electrons.